The van der Waals surface area contributed by atoms with Gasteiger partial charge in [0.25, 0.3) is 0 Å². The molecular weight excluding hydrogens is 158 g/mol. The molecule has 0 aliphatic carbocycles. The predicted molar refractivity (Wildman–Crippen MR) is 57.2 cm³/mol. The fraction of sp³-hybridized carbons (Fsp3) is 0.583. The first-order valence-corrected chi connectivity index (χ1v) is 4.68. The lowest BCUT2D eigenvalue weighted by molar-refractivity contribution is 0.405. The van der Waals surface area contributed by atoms with Crippen LogP contribution in [0, 0.1) is 16.7 Å². The number of rotatable bonds is 5. The fourth-order valence-electron chi connectivity index (χ4n) is 1.13. The zero-order valence-electron chi connectivity index (χ0n) is 8.93. The average Bonchev–Trinajstić information content (AvgIpc) is 2.04. The molecule has 1 atom stereocenters. The Balaban J connectivity index is 4.07. The van der Waals surface area contributed by atoms with E-state index in [-0.39, 0.29) is 5.41 Å². The van der Waals surface area contributed by atoms with Crippen LogP contribution >= 0.6 is 0 Å². The Bertz CT molecular complexity index is 228. The average molecular weight is 177 g/mol. The molecule has 0 rings (SSSR count). The highest BCUT2D eigenvalue weighted by Crippen LogP contribution is 2.28. The van der Waals surface area contributed by atoms with Gasteiger partial charge in [-0.25, -0.2) is 0 Å². The Kier molecular flexibility index (Phi) is 5.14. The zero-order chi connectivity index (χ0) is 10.3. The largest absolute Gasteiger partial charge is 0.198 e. The van der Waals surface area contributed by atoms with Crippen molar-refractivity contribution in [2.24, 2.45) is 5.41 Å². The van der Waals surface area contributed by atoms with E-state index in [4.69, 9.17) is 5.26 Å². The van der Waals surface area contributed by atoms with Gasteiger partial charge in [-0.1, -0.05) is 24.6 Å². The molecule has 0 aliphatic heterocycles. The third-order valence-electron chi connectivity index (χ3n) is 2.24. The normalized spacial score (nSPS) is 14.0. The summed E-state index contributed by atoms with van der Waals surface area (Å²) in [5, 5.41) is 8.63. The maximum Gasteiger partial charge on any atom is 0.0630 e. The monoisotopic (exact) mass is 177 g/mol. The van der Waals surface area contributed by atoms with Crippen LogP contribution in [0.25, 0.3) is 0 Å². The molecule has 13 heavy (non-hydrogen) atoms. The summed E-state index contributed by atoms with van der Waals surface area (Å²) < 4.78 is 0. The lowest BCUT2D eigenvalue weighted by Gasteiger charge is -2.21. The van der Waals surface area contributed by atoms with Crippen LogP contribution in [-0.2, 0) is 0 Å². The lowest BCUT2D eigenvalue weighted by atomic mass is 9.83. The van der Waals surface area contributed by atoms with Crippen LogP contribution in [0.4, 0.5) is 0 Å². The number of allylic oxidation sites excluding steroid dienone is 3. The number of nitriles is 1. The van der Waals surface area contributed by atoms with Crippen molar-refractivity contribution in [3.63, 3.8) is 0 Å². The Labute approximate surface area is 81.8 Å². The Hall–Kier alpha value is -1.03. The maximum absolute atomic E-state index is 8.63. The van der Waals surface area contributed by atoms with Gasteiger partial charge in [-0.3, -0.25) is 0 Å². The van der Waals surface area contributed by atoms with Crippen LogP contribution in [-0.4, -0.2) is 0 Å². The van der Waals surface area contributed by atoms with Crippen LogP contribution in [0.15, 0.2) is 24.3 Å². The van der Waals surface area contributed by atoms with Crippen molar-refractivity contribution in [1.29, 1.82) is 5.26 Å². The quantitative estimate of drug-likeness (QED) is 0.585. The second-order valence-corrected chi connectivity index (χ2v) is 4.01. The molecule has 1 heteroatoms. The van der Waals surface area contributed by atoms with Gasteiger partial charge >= 0.3 is 0 Å². The minimum absolute atomic E-state index is 0.0132. The summed E-state index contributed by atoms with van der Waals surface area (Å²) in [5.41, 5.74) is 1.32. The van der Waals surface area contributed by atoms with Crippen LogP contribution in [0.2, 0.25) is 0 Å². The molecule has 0 aliphatic rings. The van der Waals surface area contributed by atoms with E-state index in [1.54, 1.807) is 0 Å². The van der Waals surface area contributed by atoms with Crippen molar-refractivity contribution in [3.8, 4) is 6.07 Å². The highest BCUT2D eigenvalue weighted by molar-refractivity contribution is 5.00. The summed E-state index contributed by atoms with van der Waals surface area (Å²) in [6.07, 6.45) is 6.71. The van der Waals surface area contributed by atoms with Gasteiger partial charge in [0.05, 0.1) is 6.07 Å². The first-order valence-electron chi connectivity index (χ1n) is 4.68. The first kappa shape index (κ1) is 12.0. The molecule has 72 valence electrons. The van der Waals surface area contributed by atoms with Crippen LogP contribution in [0.1, 0.15) is 40.0 Å². The van der Waals surface area contributed by atoms with Crippen molar-refractivity contribution >= 4 is 0 Å². The smallest absolute Gasteiger partial charge is 0.0630 e. The van der Waals surface area contributed by atoms with Gasteiger partial charge in [0.2, 0.25) is 0 Å². The van der Waals surface area contributed by atoms with Gasteiger partial charge in [0.1, 0.15) is 0 Å². The number of hydrogen-bond donors (Lipinski definition) is 0. The molecule has 0 amide bonds. The van der Waals surface area contributed by atoms with Crippen LogP contribution in [0.3, 0.4) is 0 Å². The highest BCUT2D eigenvalue weighted by Gasteiger charge is 2.18. The first-order chi connectivity index (χ1) is 6.04. The molecule has 0 saturated heterocycles. The van der Waals surface area contributed by atoms with E-state index < -0.39 is 0 Å². The number of nitrogens with zero attached hydrogens (tertiary/aromatic N) is 1. The summed E-state index contributed by atoms with van der Waals surface area (Å²) >= 11 is 0. The third-order valence-corrected chi connectivity index (χ3v) is 2.24. The SMILES string of the molecule is C=C[C@](C)(CC#N)CCC=C(C)C. The Morgan fingerprint density at radius 3 is 2.54 bits per heavy atom. The molecule has 0 bridgehead atoms. The van der Waals surface area contributed by atoms with E-state index in [1.165, 1.54) is 5.57 Å². The predicted octanol–water partition coefficient (Wildman–Crippen LogP) is 3.84. The van der Waals surface area contributed by atoms with Gasteiger partial charge in [-0.2, -0.15) is 5.26 Å². The van der Waals surface area contributed by atoms with Gasteiger partial charge < -0.3 is 0 Å². The van der Waals surface area contributed by atoms with E-state index in [0.717, 1.165) is 12.8 Å². The van der Waals surface area contributed by atoms with Crippen molar-refractivity contribution in [2.45, 2.75) is 40.0 Å². The second kappa shape index (κ2) is 5.59. The summed E-state index contributed by atoms with van der Waals surface area (Å²) in [6.45, 7) is 10.0. The molecule has 0 unspecified atom stereocenters. The van der Waals surface area contributed by atoms with E-state index in [2.05, 4.69) is 39.5 Å². The molecule has 0 aromatic rings. The van der Waals surface area contributed by atoms with Crippen molar-refractivity contribution in [2.75, 3.05) is 0 Å². The second-order valence-electron chi connectivity index (χ2n) is 4.01. The molecular formula is C12H19N. The van der Waals surface area contributed by atoms with Crippen molar-refractivity contribution < 1.29 is 0 Å². The third kappa shape index (κ3) is 5.25. The van der Waals surface area contributed by atoms with Gasteiger partial charge in [-0.05, 0) is 32.1 Å². The van der Waals surface area contributed by atoms with Crippen LogP contribution in [0.5, 0.6) is 0 Å². The van der Waals surface area contributed by atoms with Gasteiger partial charge in [-0.15, -0.1) is 6.58 Å². The van der Waals surface area contributed by atoms with Gasteiger partial charge in [0.15, 0.2) is 0 Å². The molecule has 0 saturated carbocycles. The molecule has 0 heterocycles. The minimum atomic E-state index is -0.0132. The maximum atomic E-state index is 8.63. The van der Waals surface area contributed by atoms with Crippen molar-refractivity contribution in [1.82, 2.24) is 0 Å². The van der Waals surface area contributed by atoms with E-state index in [1.807, 2.05) is 6.08 Å². The summed E-state index contributed by atoms with van der Waals surface area (Å²) in [7, 11) is 0. The minimum Gasteiger partial charge on any atom is -0.198 e. The molecule has 0 N–H and O–H groups in total. The van der Waals surface area contributed by atoms with E-state index in [9.17, 15) is 0 Å². The van der Waals surface area contributed by atoms with E-state index >= 15 is 0 Å². The lowest BCUT2D eigenvalue weighted by Crippen LogP contribution is -2.11. The fourth-order valence-corrected chi connectivity index (χ4v) is 1.13. The summed E-state index contributed by atoms with van der Waals surface area (Å²) in [6, 6.07) is 2.21. The summed E-state index contributed by atoms with van der Waals surface area (Å²) in [5.74, 6) is 0. The number of hydrogen-bond acceptors (Lipinski definition) is 1. The zero-order valence-corrected chi connectivity index (χ0v) is 8.93. The van der Waals surface area contributed by atoms with E-state index in [0.29, 0.717) is 6.42 Å². The summed E-state index contributed by atoms with van der Waals surface area (Å²) in [4.78, 5) is 0. The molecule has 1 nitrogen and oxygen atoms in total. The Morgan fingerprint density at radius 2 is 2.15 bits per heavy atom. The standard InChI is InChI=1S/C12H19N/c1-5-12(4,9-10-13)8-6-7-11(2)3/h5,7H,1,6,8-9H2,2-4H3/t12-/m0/s1. The Morgan fingerprint density at radius 1 is 1.54 bits per heavy atom. The van der Waals surface area contributed by atoms with Crippen LogP contribution < -0.4 is 0 Å². The molecule has 0 aromatic heterocycles. The molecule has 0 aromatic carbocycles. The van der Waals surface area contributed by atoms with Crippen molar-refractivity contribution in [3.05, 3.63) is 24.3 Å². The topological polar surface area (TPSA) is 23.8 Å². The molecule has 0 spiro atoms. The highest BCUT2D eigenvalue weighted by atomic mass is 14.3. The molecule has 0 fully saturated rings. The molecule has 0 radical (unpaired) electrons. The van der Waals surface area contributed by atoms with Gasteiger partial charge in [0, 0.05) is 6.42 Å².